The molecule has 16 heavy (non-hydrogen) atoms. The van der Waals surface area contributed by atoms with Gasteiger partial charge >= 0.3 is 0 Å². The third kappa shape index (κ3) is 4.11. The van der Waals surface area contributed by atoms with E-state index < -0.39 is 11.6 Å². The van der Waals surface area contributed by atoms with Crippen LogP contribution < -0.4 is 5.32 Å². The minimum atomic E-state index is -0.803. The topological polar surface area (TPSA) is 12.0 Å². The quantitative estimate of drug-likeness (QED) is 0.758. The van der Waals surface area contributed by atoms with Crippen molar-refractivity contribution >= 4 is 6.08 Å². The number of benzene rings is 1. The van der Waals surface area contributed by atoms with Crippen LogP contribution in [0.15, 0.2) is 24.3 Å². The first kappa shape index (κ1) is 12.8. The molecular weight excluding hydrogens is 208 g/mol. The number of hydrogen-bond acceptors (Lipinski definition) is 1. The third-order valence-corrected chi connectivity index (χ3v) is 2.14. The van der Waals surface area contributed by atoms with Crippen LogP contribution in [0, 0.1) is 11.6 Å². The molecule has 1 aromatic rings. The zero-order valence-corrected chi connectivity index (χ0v) is 9.63. The zero-order chi connectivity index (χ0) is 12.0. The summed E-state index contributed by atoms with van der Waals surface area (Å²) in [6.45, 7) is 4.97. The van der Waals surface area contributed by atoms with Gasteiger partial charge in [-0.15, -0.1) is 0 Å². The van der Waals surface area contributed by atoms with Crippen LogP contribution in [-0.4, -0.2) is 12.6 Å². The van der Waals surface area contributed by atoms with Crippen molar-refractivity contribution in [1.29, 1.82) is 0 Å². The maximum absolute atomic E-state index is 13.2. The molecule has 3 heteroatoms. The van der Waals surface area contributed by atoms with E-state index >= 15 is 0 Å². The molecule has 1 N–H and O–H groups in total. The fraction of sp³-hybridized carbons (Fsp3) is 0.385. The first-order valence-electron chi connectivity index (χ1n) is 5.45. The summed E-state index contributed by atoms with van der Waals surface area (Å²) in [4.78, 5) is 0. The summed E-state index contributed by atoms with van der Waals surface area (Å²) in [5, 5.41) is 3.24. The van der Waals surface area contributed by atoms with E-state index in [-0.39, 0.29) is 0 Å². The Hall–Kier alpha value is -1.22. The van der Waals surface area contributed by atoms with Crippen LogP contribution in [-0.2, 0) is 0 Å². The van der Waals surface area contributed by atoms with E-state index in [9.17, 15) is 8.78 Å². The number of hydrogen-bond donors (Lipinski definition) is 1. The first-order chi connectivity index (χ1) is 7.61. The normalized spacial score (nSPS) is 11.6. The van der Waals surface area contributed by atoms with Crippen molar-refractivity contribution in [3.05, 3.63) is 41.5 Å². The summed E-state index contributed by atoms with van der Waals surface area (Å²) in [7, 11) is 0. The highest BCUT2D eigenvalue weighted by Crippen LogP contribution is 2.12. The molecule has 0 unspecified atom stereocenters. The van der Waals surface area contributed by atoms with Crippen molar-refractivity contribution in [1.82, 2.24) is 5.32 Å². The Morgan fingerprint density at radius 1 is 1.31 bits per heavy atom. The minimum Gasteiger partial charge on any atom is -0.314 e. The Kier molecular flexibility index (Phi) is 5.12. The van der Waals surface area contributed by atoms with Gasteiger partial charge in [-0.3, -0.25) is 0 Å². The SMILES string of the molecule is CC(C)NCCC=Cc1cccc(F)c1F. The summed E-state index contributed by atoms with van der Waals surface area (Å²) in [5.74, 6) is -1.59. The molecule has 0 fully saturated rings. The summed E-state index contributed by atoms with van der Waals surface area (Å²) < 4.78 is 26.0. The van der Waals surface area contributed by atoms with Gasteiger partial charge in [-0.2, -0.15) is 0 Å². The molecule has 0 spiro atoms. The fourth-order valence-corrected chi connectivity index (χ4v) is 1.31. The molecule has 0 aliphatic carbocycles. The molecule has 0 aliphatic heterocycles. The lowest BCUT2D eigenvalue weighted by atomic mass is 10.2. The van der Waals surface area contributed by atoms with Crippen LogP contribution in [0.4, 0.5) is 8.78 Å². The second kappa shape index (κ2) is 6.38. The molecule has 1 aromatic carbocycles. The molecule has 0 bridgehead atoms. The Morgan fingerprint density at radius 3 is 2.75 bits per heavy atom. The fourth-order valence-electron chi connectivity index (χ4n) is 1.31. The molecule has 1 rings (SSSR count). The summed E-state index contributed by atoms with van der Waals surface area (Å²) >= 11 is 0. The molecule has 0 radical (unpaired) electrons. The monoisotopic (exact) mass is 225 g/mol. The van der Waals surface area contributed by atoms with Crippen LogP contribution in [0.25, 0.3) is 6.08 Å². The number of nitrogens with one attached hydrogen (secondary N) is 1. The zero-order valence-electron chi connectivity index (χ0n) is 9.63. The van der Waals surface area contributed by atoms with Gasteiger partial charge in [0.05, 0.1) is 0 Å². The summed E-state index contributed by atoms with van der Waals surface area (Å²) in [5.41, 5.74) is 0.296. The number of rotatable bonds is 5. The van der Waals surface area contributed by atoms with E-state index in [1.807, 2.05) is 6.08 Å². The van der Waals surface area contributed by atoms with Gasteiger partial charge in [-0.1, -0.05) is 38.1 Å². The molecular formula is C13H17F2N. The van der Waals surface area contributed by atoms with E-state index in [1.54, 1.807) is 12.1 Å². The van der Waals surface area contributed by atoms with Crippen LogP contribution in [0.2, 0.25) is 0 Å². The third-order valence-electron chi connectivity index (χ3n) is 2.14. The van der Waals surface area contributed by atoms with Gasteiger partial charge in [0.1, 0.15) is 0 Å². The molecule has 0 saturated heterocycles. The Labute approximate surface area is 95.2 Å². The van der Waals surface area contributed by atoms with Crippen molar-refractivity contribution in [2.75, 3.05) is 6.54 Å². The average molecular weight is 225 g/mol. The summed E-state index contributed by atoms with van der Waals surface area (Å²) in [6, 6.07) is 4.63. The van der Waals surface area contributed by atoms with Crippen molar-refractivity contribution < 1.29 is 8.78 Å². The molecule has 0 heterocycles. The second-order valence-electron chi connectivity index (χ2n) is 3.94. The summed E-state index contributed by atoms with van der Waals surface area (Å²) in [6.07, 6.45) is 4.25. The highest BCUT2D eigenvalue weighted by atomic mass is 19.2. The average Bonchev–Trinajstić information content (AvgIpc) is 2.23. The highest BCUT2D eigenvalue weighted by Gasteiger charge is 2.03. The minimum absolute atomic E-state index is 0.296. The van der Waals surface area contributed by atoms with Gasteiger partial charge in [0, 0.05) is 11.6 Å². The largest absolute Gasteiger partial charge is 0.314 e. The van der Waals surface area contributed by atoms with E-state index in [0.717, 1.165) is 19.0 Å². The smallest absolute Gasteiger partial charge is 0.166 e. The van der Waals surface area contributed by atoms with Gasteiger partial charge < -0.3 is 5.32 Å². The molecule has 0 aliphatic rings. The van der Waals surface area contributed by atoms with E-state index in [2.05, 4.69) is 19.2 Å². The first-order valence-corrected chi connectivity index (χ1v) is 5.45. The van der Waals surface area contributed by atoms with Crippen LogP contribution in [0.5, 0.6) is 0 Å². The van der Waals surface area contributed by atoms with E-state index in [4.69, 9.17) is 0 Å². The van der Waals surface area contributed by atoms with Crippen molar-refractivity contribution in [3.63, 3.8) is 0 Å². The lowest BCUT2D eigenvalue weighted by Crippen LogP contribution is -2.23. The molecule has 0 aromatic heterocycles. The predicted molar refractivity (Wildman–Crippen MR) is 63.1 cm³/mol. The molecule has 88 valence electrons. The van der Waals surface area contributed by atoms with Crippen LogP contribution >= 0.6 is 0 Å². The van der Waals surface area contributed by atoms with Gasteiger partial charge in [0.15, 0.2) is 11.6 Å². The predicted octanol–water partition coefficient (Wildman–Crippen LogP) is 3.37. The lowest BCUT2D eigenvalue weighted by molar-refractivity contribution is 0.507. The van der Waals surface area contributed by atoms with E-state index in [0.29, 0.717) is 11.6 Å². The number of halogens is 2. The van der Waals surface area contributed by atoms with Crippen molar-refractivity contribution in [3.8, 4) is 0 Å². The molecule has 0 amide bonds. The molecule has 0 saturated carbocycles. The maximum Gasteiger partial charge on any atom is 0.166 e. The highest BCUT2D eigenvalue weighted by molar-refractivity contribution is 5.49. The second-order valence-corrected chi connectivity index (χ2v) is 3.94. The van der Waals surface area contributed by atoms with Gasteiger partial charge in [0.25, 0.3) is 0 Å². The van der Waals surface area contributed by atoms with Crippen molar-refractivity contribution in [2.24, 2.45) is 0 Å². The maximum atomic E-state index is 13.2. The Balaban J connectivity index is 2.47. The van der Waals surface area contributed by atoms with Crippen molar-refractivity contribution in [2.45, 2.75) is 26.3 Å². The molecule has 1 nitrogen and oxygen atoms in total. The van der Waals surface area contributed by atoms with Gasteiger partial charge in [-0.05, 0) is 19.0 Å². The lowest BCUT2D eigenvalue weighted by Gasteiger charge is -2.04. The van der Waals surface area contributed by atoms with Gasteiger partial charge in [0.2, 0.25) is 0 Å². The molecule has 0 atom stereocenters. The van der Waals surface area contributed by atoms with Crippen LogP contribution in [0.3, 0.4) is 0 Å². The standard InChI is InChI=1S/C13H17F2N/c1-10(2)16-9-4-3-6-11-7-5-8-12(14)13(11)15/h3,5-8,10,16H,4,9H2,1-2H3. The Morgan fingerprint density at radius 2 is 2.06 bits per heavy atom. The van der Waals surface area contributed by atoms with Gasteiger partial charge in [-0.25, -0.2) is 8.78 Å². The van der Waals surface area contributed by atoms with E-state index in [1.165, 1.54) is 6.07 Å². The van der Waals surface area contributed by atoms with Crippen LogP contribution in [0.1, 0.15) is 25.8 Å². The Bertz CT molecular complexity index is 359.